The summed E-state index contributed by atoms with van der Waals surface area (Å²) in [6.45, 7) is -0.637. The number of benzene rings is 1. The Bertz CT molecular complexity index is 472. The lowest BCUT2D eigenvalue weighted by molar-refractivity contribution is -0.0512. The summed E-state index contributed by atoms with van der Waals surface area (Å²) in [4.78, 5) is 11.9. The molecule has 2 N–H and O–H groups in total. The van der Waals surface area contributed by atoms with Gasteiger partial charge in [0.15, 0.2) is 11.5 Å². The van der Waals surface area contributed by atoms with Crippen molar-refractivity contribution in [2.75, 3.05) is 40.5 Å². The lowest BCUT2D eigenvalue weighted by atomic mass is 10.2. The van der Waals surface area contributed by atoms with Gasteiger partial charge in [-0.15, -0.1) is 0 Å². The van der Waals surface area contributed by atoms with Gasteiger partial charge in [-0.25, -0.2) is 0 Å². The van der Waals surface area contributed by atoms with Gasteiger partial charge in [0, 0.05) is 32.3 Å². The number of amides is 1. The maximum absolute atomic E-state index is 12.2. The summed E-state index contributed by atoms with van der Waals surface area (Å²) in [6, 6.07) is 4.02. The first-order valence-corrected chi connectivity index (χ1v) is 6.69. The van der Waals surface area contributed by atoms with Gasteiger partial charge in [-0.05, 0) is 18.2 Å². The fraction of sp³-hybridized carbons (Fsp3) is 0.500. The molecule has 0 spiro atoms. The van der Waals surface area contributed by atoms with Crippen molar-refractivity contribution >= 4 is 5.91 Å². The molecule has 1 rings (SSSR count). The van der Waals surface area contributed by atoms with Gasteiger partial charge in [0.2, 0.25) is 0 Å². The second-order valence-electron chi connectivity index (χ2n) is 4.24. The zero-order valence-electron chi connectivity index (χ0n) is 12.5. The van der Waals surface area contributed by atoms with Crippen LogP contribution in [0.2, 0.25) is 0 Å². The van der Waals surface area contributed by atoms with Crippen molar-refractivity contribution in [2.24, 2.45) is 0 Å². The number of methoxy groups -OCH3 is 2. The molecular weight excluding hydrogens is 298 g/mol. The molecule has 6 nitrogen and oxygen atoms in total. The van der Waals surface area contributed by atoms with E-state index in [4.69, 9.17) is 9.47 Å². The minimum Gasteiger partial charge on any atom is -0.493 e. The van der Waals surface area contributed by atoms with E-state index in [1.807, 2.05) is 0 Å². The van der Waals surface area contributed by atoms with E-state index in [0.717, 1.165) is 0 Å². The fourth-order valence-electron chi connectivity index (χ4n) is 1.67. The smallest absolute Gasteiger partial charge is 0.387 e. The third kappa shape index (κ3) is 6.23. The van der Waals surface area contributed by atoms with Crippen LogP contribution in [0.3, 0.4) is 0 Å². The lowest BCUT2D eigenvalue weighted by Crippen LogP contribution is -2.33. The van der Waals surface area contributed by atoms with Crippen molar-refractivity contribution < 1.29 is 27.8 Å². The number of ether oxygens (including phenoxy) is 3. The monoisotopic (exact) mass is 318 g/mol. The quantitative estimate of drug-likeness (QED) is 0.636. The minimum atomic E-state index is -2.95. The molecule has 0 heterocycles. The first kappa shape index (κ1) is 18.1. The molecule has 0 radical (unpaired) electrons. The highest BCUT2D eigenvalue weighted by molar-refractivity contribution is 5.94. The van der Waals surface area contributed by atoms with Crippen molar-refractivity contribution in [2.45, 2.75) is 6.61 Å². The highest BCUT2D eigenvalue weighted by Crippen LogP contribution is 2.29. The highest BCUT2D eigenvalue weighted by atomic mass is 19.3. The molecule has 0 unspecified atom stereocenters. The van der Waals surface area contributed by atoms with E-state index in [1.165, 1.54) is 25.3 Å². The Kier molecular flexibility index (Phi) is 8.16. The van der Waals surface area contributed by atoms with Crippen molar-refractivity contribution in [1.82, 2.24) is 10.6 Å². The average molecular weight is 318 g/mol. The van der Waals surface area contributed by atoms with Crippen LogP contribution in [0.4, 0.5) is 8.78 Å². The first-order valence-electron chi connectivity index (χ1n) is 6.69. The van der Waals surface area contributed by atoms with Gasteiger partial charge in [0.25, 0.3) is 5.91 Å². The number of carbonyl (C=O) groups excluding carboxylic acids is 1. The number of alkyl halides is 2. The third-order valence-corrected chi connectivity index (χ3v) is 2.71. The molecule has 0 atom stereocenters. The second kappa shape index (κ2) is 9.91. The summed E-state index contributed by atoms with van der Waals surface area (Å²) in [5, 5.41) is 5.78. The number of rotatable bonds is 10. The maximum atomic E-state index is 12.2. The zero-order valence-corrected chi connectivity index (χ0v) is 12.5. The molecular formula is C14H20F2N2O4. The Hall–Kier alpha value is -1.93. The Morgan fingerprint density at radius 3 is 2.59 bits per heavy atom. The van der Waals surface area contributed by atoms with Crippen LogP contribution in [0.15, 0.2) is 18.2 Å². The zero-order chi connectivity index (χ0) is 16.4. The fourth-order valence-corrected chi connectivity index (χ4v) is 1.67. The van der Waals surface area contributed by atoms with E-state index in [2.05, 4.69) is 15.4 Å². The molecule has 124 valence electrons. The summed E-state index contributed by atoms with van der Waals surface area (Å²) in [5.74, 6) is -0.364. The molecule has 0 aliphatic carbocycles. The number of nitrogens with one attached hydrogen (secondary N) is 2. The molecule has 0 saturated heterocycles. The van der Waals surface area contributed by atoms with Gasteiger partial charge < -0.3 is 24.8 Å². The summed E-state index contributed by atoms with van der Waals surface area (Å²) in [7, 11) is 2.92. The SMILES string of the molecule is COCCNCCNC(=O)c1ccc(OC(F)F)c(OC)c1. The van der Waals surface area contributed by atoms with Gasteiger partial charge in [-0.2, -0.15) is 8.78 Å². The molecule has 1 aromatic carbocycles. The molecule has 0 aromatic heterocycles. The van der Waals surface area contributed by atoms with Crippen LogP contribution in [-0.4, -0.2) is 53.0 Å². The van der Waals surface area contributed by atoms with E-state index in [-0.39, 0.29) is 17.4 Å². The lowest BCUT2D eigenvalue weighted by Gasteiger charge is -2.11. The number of hydrogen-bond donors (Lipinski definition) is 2. The molecule has 8 heteroatoms. The summed E-state index contributed by atoms with van der Waals surface area (Å²) in [6.07, 6.45) is 0. The molecule has 0 aliphatic rings. The van der Waals surface area contributed by atoms with Crippen LogP contribution in [0.1, 0.15) is 10.4 Å². The van der Waals surface area contributed by atoms with E-state index >= 15 is 0 Å². The summed E-state index contributed by atoms with van der Waals surface area (Å²) >= 11 is 0. The molecule has 1 amide bonds. The van der Waals surface area contributed by atoms with Crippen molar-refractivity contribution in [3.05, 3.63) is 23.8 Å². The van der Waals surface area contributed by atoms with Gasteiger partial charge in [-0.3, -0.25) is 4.79 Å². The van der Waals surface area contributed by atoms with Crippen molar-refractivity contribution in [3.63, 3.8) is 0 Å². The van der Waals surface area contributed by atoms with Crippen molar-refractivity contribution in [1.29, 1.82) is 0 Å². The first-order chi connectivity index (χ1) is 10.6. The third-order valence-electron chi connectivity index (χ3n) is 2.71. The number of halogens is 2. The second-order valence-corrected chi connectivity index (χ2v) is 4.24. The van der Waals surface area contributed by atoms with Gasteiger partial charge >= 0.3 is 6.61 Å². The predicted octanol–water partition coefficient (Wildman–Crippen LogP) is 1.26. The molecule has 0 fully saturated rings. The van der Waals surface area contributed by atoms with Crippen LogP contribution >= 0.6 is 0 Å². The largest absolute Gasteiger partial charge is 0.493 e. The molecule has 22 heavy (non-hydrogen) atoms. The maximum Gasteiger partial charge on any atom is 0.387 e. The molecule has 1 aromatic rings. The Labute approximate surface area is 127 Å². The van der Waals surface area contributed by atoms with Crippen LogP contribution < -0.4 is 20.1 Å². The number of hydrogen-bond acceptors (Lipinski definition) is 5. The van der Waals surface area contributed by atoms with Crippen LogP contribution in [0.5, 0.6) is 11.5 Å². The Morgan fingerprint density at radius 1 is 1.18 bits per heavy atom. The number of carbonyl (C=O) groups is 1. The normalized spacial score (nSPS) is 10.6. The average Bonchev–Trinajstić information content (AvgIpc) is 2.50. The van der Waals surface area contributed by atoms with E-state index < -0.39 is 6.61 Å². The standard InChI is InChI=1S/C14H20F2N2O4/c1-20-8-7-17-5-6-18-13(19)10-3-4-11(22-14(15)16)12(9-10)21-2/h3-4,9,14,17H,5-8H2,1-2H3,(H,18,19). The van der Waals surface area contributed by atoms with Crippen LogP contribution in [0, 0.1) is 0 Å². The van der Waals surface area contributed by atoms with E-state index in [9.17, 15) is 13.6 Å². The molecule has 0 aliphatic heterocycles. The van der Waals surface area contributed by atoms with E-state index in [1.54, 1.807) is 7.11 Å². The minimum absolute atomic E-state index is 0.0752. The molecule has 0 saturated carbocycles. The van der Waals surface area contributed by atoms with E-state index in [0.29, 0.717) is 31.8 Å². The Morgan fingerprint density at radius 2 is 1.95 bits per heavy atom. The van der Waals surface area contributed by atoms with Crippen LogP contribution in [-0.2, 0) is 4.74 Å². The summed E-state index contributed by atoms with van der Waals surface area (Å²) < 4.78 is 38.5. The van der Waals surface area contributed by atoms with Crippen molar-refractivity contribution in [3.8, 4) is 11.5 Å². The Balaban J connectivity index is 2.51. The van der Waals surface area contributed by atoms with Gasteiger partial charge in [0.05, 0.1) is 13.7 Å². The summed E-state index contributed by atoms with van der Waals surface area (Å²) in [5.41, 5.74) is 0.301. The van der Waals surface area contributed by atoms with Gasteiger partial charge in [-0.1, -0.05) is 0 Å². The predicted molar refractivity (Wildman–Crippen MR) is 76.7 cm³/mol. The molecule has 0 bridgehead atoms. The highest BCUT2D eigenvalue weighted by Gasteiger charge is 2.13. The van der Waals surface area contributed by atoms with Crippen LogP contribution in [0.25, 0.3) is 0 Å². The van der Waals surface area contributed by atoms with Gasteiger partial charge in [0.1, 0.15) is 0 Å². The topological polar surface area (TPSA) is 68.8 Å².